The summed E-state index contributed by atoms with van der Waals surface area (Å²) in [5, 5.41) is 14.4. The number of halogens is 3. The third-order valence-corrected chi connectivity index (χ3v) is 10.8. The summed E-state index contributed by atoms with van der Waals surface area (Å²) in [6, 6.07) is 14.8. The fourth-order valence-corrected chi connectivity index (χ4v) is 7.97. The van der Waals surface area contributed by atoms with Crippen molar-refractivity contribution in [2.45, 2.75) is 68.9 Å². The van der Waals surface area contributed by atoms with Crippen LogP contribution in [0.2, 0.25) is 0 Å². The molecule has 52 heavy (non-hydrogen) atoms. The van der Waals surface area contributed by atoms with Crippen molar-refractivity contribution in [3.05, 3.63) is 83.4 Å². The summed E-state index contributed by atoms with van der Waals surface area (Å²) in [7, 11) is -4.14. The molecule has 3 heterocycles. The number of hydrogen-bond acceptors (Lipinski definition) is 10. The molecule has 12 nitrogen and oxygen atoms in total. The van der Waals surface area contributed by atoms with Crippen LogP contribution in [0.1, 0.15) is 37.0 Å². The first-order valence-corrected chi connectivity index (χ1v) is 18.4. The predicted molar refractivity (Wildman–Crippen MR) is 179 cm³/mol. The molecule has 1 amide bonds. The number of benzene rings is 3. The number of alkyl halides is 3. The largest absolute Gasteiger partial charge is 0.489 e. The number of nitrogens with one attached hydrogen (secondary N) is 1. The number of carbonyl (C=O) groups excluding carboxylic acids is 1. The SMILES string of the molecule is CC(C)CN(C[C@@H](O)[C@H](Cc1ccc(OCc2cccc(C(F)(F)F)c2)cc1)NC(=O)O[C@H]1CO[C@H]2OCC[C@H]21)S(=O)(=O)c1ccc2c(c1)OCO2. The smallest absolute Gasteiger partial charge is 0.416 e. The summed E-state index contributed by atoms with van der Waals surface area (Å²) < 4.78 is 102. The number of amides is 1. The number of rotatable bonds is 14. The van der Waals surface area contributed by atoms with Crippen LogP contribution in [0.4, 0.5) is 18.0 Å². The van der Waals surface area contributed by atoms with Gasteiger partial charge in [-0.1, -0.05) is 38.1 Å². The second-order valence-corrected chi connectivity index (χ2v) is 15.3. The van der Waals surface area contributed by atoms with Gasteiger partial charge in [-0.2, -0.15) is 17.5 Å². The number of ether oxygens (including phenoxy) is 6. The summed E-state index contributed by atoms with van der Waals surface area (Å²) in [6.07, 6.45) is -6.94. The zero-order valence-electron chi connectivity index (χ0n) is 28.6. The molecule has 3 aliphatic heterocycles. The van der Waals surface area contributed by atoms with Gasteiger partial charge < -0.3 is 38.8 Å². The minimum atomic E-state index is -4.47. The first-order chi connectivity index (χ1) is 24.8. The molecule has 0 aromatic heterocycles. The van der Waals surface area contributed by atoms with Crippen molar-refractivity contribution in [1.82, 2.24) is 9.62 Å². The normalized spacial score (nSPS) is 20.9. The van der Waals surface area contributed by atoms with Gasteiger partial charge in [0, 0.05) is 19.2 Å². The van der Waals surface area contributed by atoms with Gasteiger partial charge >= 0.3 is 12.3 Å². The van der Waals surface area contributed by atoms with Crippen LogP contribution in [0.5, 0.6) is 17.2 Å². The molecular weight excluding hydrogens is 709 g/mol. The molecule has 0 aliphatic carbocycles. The number of fused-ring (bicyclic) bond motifs is 2. The highest BCUT2D eigenvalue weighted by Crippen LogP contribution is 2.36. The van der Waals surface area contributed by atoms with Crippen LogP contribution in [-0.2, 0) is 43.4 Å². The summed E-state index contributed by atoms with van der Waals surface area (Å²) in [4.78, 5) is 13.2. The molecule has 2 fully saturated rings. The Kier molecular flexibility index (Phi) is 11.5. The molecule has 2 N–H and O–H groups in total. The van der Waals surface area contributed by atoms with Crippen molar-refractivity contribution in [3.63, 3.8) is 0 Å². The lowest BCUT2D eigenvalue weighted by molar-refractivity contribution is -0.137. The molecule has 2 saturated heterocycles. The van der Waals surface area contributed by atoms with Crippen molar-refractivity contribution in [2.24, 2.45) is 11.8 Å². The van der Waals surface area contributed by atoms with Crippen LogP contribution in [0.3, 0.4) is 0 Å². The van der Waals surface area contributed by atoms with Crippen LogP contribution in [0.25, 0.3) is 0 Å². The Morgan fingerprint density at radius 3 is 2.52 bits per heavy atom. The minimum Gasteiger partial charge on any atom is -0.489 e. The van der Waals surface area contributed by atoms with Crippen LogP contribution >= 0.6 is 0 Å². The number of hydrogen-bond donors (Lipinski definition) is 2. The van der Waals surface area contributed by atoms with E-state index < -0.39 is 52.4 Å². The average Bonchev–Trinajstić information content (AvgIpc) is 3.86. The molecule has 3 aliphatic rings. The molecule has 5 atom stereocenters. The van der Waals surface area contributed by atoms with Gasteiger partial charge in [0.05, 0.1) is 41.7 Å². The Hall–Kier alpha value is -4.09. The fourth-order valence-electron chi connectivity index (χ4n) is 6.33. The molecular formula is C36H41F3N2O10S. The van der Waals surface area contributed by atoms with Gasteiger partial charge in [-0.15, -0.1) is 0 Å². The quantitative estimate of drug-likeness (QED) is 0.228. The van der Waals surface area contributed by atoms with Crippen LogP contribution in [0, 0.1) is 11.8 Å². The van der Waals surface area contributed by atoms with E-state index in [0.717, 1.165) is 12.1 Å². The van der Waals surface area contributed by atoms with Crippen molar-refractivity contribution >= 4 is 16.1 Å². The highest BCUT2D eigenvalue weighted by molar-refractivity contribution is 7.89. The van der Waals surface area contributed by atoms with Gasteiger partial charge in [-0.25, -0.2) is 13.2 Å². The molecule has 3 aromatic rings. The van der Waals surface area contributed by atoms with E-state index in [4.69, 9.17) is 28.4 Å². The van der Waals surface area contributed by atoms with Crippen LogP contribution in [0.15, 0.2) is 71.6 Å². The van der Waals surface area contributed by atoms with Gasteiger partial charge in [0.1, 0.15) is 18.5 Å². The minimum absolute atomic E-state index is 0.0267. The third kappa shape index (κ3) is 9.09. The molecule has 282 valence electrons. The van der Waals surface area contributed by atoms with Gasteiger partial charge in [0.25, 0.3) is 0 Å². The molecule has 3 aromatic carbocycles. The topological polar surface area (TPSA) is 142 Å². The van der Waals surface area contributed by atoms with Crippen molar-refractivity contribution < 1.29 is 59.9 Å². The molecule has 0 saturated carbocycles. The first kappa shape index (κ1) is 37.7. The maximum atomic E-state index is 13.9. The summed E-state index contributed by atoms with van der Waals surface area (Å²) in [5.74, 6) is 0.873. The molecule has 0 spiro atoms. The number of carbonyl (C=O) groups is 1. The van der Waals surface area contributed by atoms with Crippen LogP contribution in [-0.4, -0.2) is 81.6 Å². The summed E-state index contributed by atoms with van der Waals surface area (Å²) >= 11 is 0. The van der Waals surface area contributed by atoms with Gasteiger partial charge in [0.2, 0.25) is 16.8 Å². The maximum Gasteiger partial charge on any atom is 0.416 e. The lowest BCUT2D eigenvalue weighted by Crippen LogP contribution is -2.51. The van der Waals surface area contributed by atoms with Crippen molar-refractivity contribution in [3.8, 4) is 17.2 Å². The van der Waals surface area contributed by atoms with E-state index >= 15 is 0 Å². The van der Waals surface area contributed by atoms with Gasteiger partial charge in [0.15, 0.2) is 17.8 Å². The third-order valence-electron chi connectivity index (χ3n) is 8.99. The Balaban J connectivity index is 1.17. The Bertz CT molecular complexity index is 1810. The fraction of sp³-hybridized carbons (Fsp3) is 0.472. The van der Waals surface area contributed by atoms with E-state index in [1.165, 1.54) is 34.6 Å². The lowest BCUT2D eigenvalue weighted by Gasteiger charge is -2.31. The number of nitrogens with zero attached hydrogens (tertiary/aromatic N) is 1. The standard InChI is InChI=1S/C36H41F3N2O10S/c1-22(2)17-41(52(44,45)27-10-11-31-32(16-27)50-21-49-31)18-30(42)29(40-35(43)51-33-20-48-34-28(33)12-13-46-34)15-23-6-8-26(9-7-23)47-19-24-4-3-5-25(14-24)36(37,38)39/h3-11,14,16,22,28-30,33-34,42H,12-13,15,17-21H2,1-2H3,(H,40,43)/t28-,29-,30+,33-,34+/m0/s1. The van der Waals surface area contributed by atoms with Crippen molar-refractivity contribution in [1.29, 1.82) is 0 Å². The van der Waals surface area contributed by atoms with E-state index in [1.54, 1.807) is 24.3 Å². The first-order valence-electron chi connectivity index (χ1n) is 16.9. The van der Waals surface area contributed by atoms with E-state index in [0.29, 0.717) is 41.4 Å². The monoisotopic (exact) mass is 750 g/mol. The maximum absolute atomic E-state index is 13.9. The number of aliphatic hydroxyl groups excluding tert-OH is 1. The highest BCUT2D eigenvalue weighted by Gasteiger charge is 2.44. The second-order valence-electron chi connectivity index (χ2n) is 13.4. The predicted octanol–water partition coefficient (Wildman–Crippen LogP) is 5.12. The highest BCUT2D eigenvalue weighted by atomic mass is 32.2. The Morgan fingerprint density at radius 1 is 1.00 bits per heavy atom. The molecule has 0 bridgehead atoms. The average molecular weight is 751 g/mol. The van der Waals surface area contributed by atoms with Gasteiger partial charge in [-0.3, -0.25) is 0 Å². The van der Waals surface area contributed by atoms with E-state index in [2.05, 4.69) is 5.32 Å². The number of sulfonamides is 1. The number of aliphatic hydroxyl groups is 1. The zero-order valence-corrected chi connectivity index (χ0v) is 29.4. The van der Waals surface area contributed by atoms with Gasteiger partial charge in [-0.05, 0) is 66.3 Å². The molecule has 0 radical (unpaired) electrons. The zero-order chi connectivity index (χ0) is 37.0. The van der Waals surface area contributed by atoms with Crippen molar-refractivity contribution in [2.75, 3.05) is 33.1 Å². The molecule has 6 rings (SSSR count). The second kappa shape index (κ2) is 15.9. The van der Waals surface area contributed by atoms with E-state index in [-0.39, 0.29) is 56.2 Å². The molecule has 0 unspecified atom stereocenters. The van der Waals surface area contributed by atoms with E-state index in [1.807, 2.05) is 13.8 Å². The summed E-state index contributed by atoms with van der Waals surface area (Å²) in [5.41, 5.74) is 0.222. The lowest BCUT2D eigenvalue weighted by atomic mass is 10.0. The molecule has 16 heteroatoms. The van der Waals surface area contributed by atoms with Crippen LogP contribution < -0.4 is 19.5 Å². The summed E-state index contributed by atoms with van der Waals surface area (Å²) in [6.45, 7) is 3.94. The number of alkyl carbamates (subject to hydrolysis) is 1. The Labute approximate surface area is 299 Å². The Morgan fingerprint density at radius 2 is 1.77 bits per heavy atom. The van der Waals surface area contributed by atoms with E-state index in [9.17, 15) is 31.5 Å².